The first kappa shape index (κ1) is 11.6. The number of alkyl halides is 2. The van der Waals surface area contributed by atoms with Gasteiger partial charge in [-0.25, -0.2) is 13.6 Å². The van der Waals surface area contributed by atoms with E-state index >= 15 is 0 Å². The molecule has 0 aliphatic heterocycles. The maximum absolute atomic E-state index is 12.3. The first-order valence-electron chi connectivity index (χ1n) is 3.30. The predicted molar refractivity (Wildman–Crippen MR) is 53.9 cm³/mol. The first-order chi connectivity index (χ1) is 6.45. The average molecular weight is 333 g/mol. The molecule has 0 spiro atoms. The van der Waals surface area contributed by atoms with E-state index in [4.69, 9.17) is 16.7 Å². The van der Waals surface area contributed by atoms with Crippen LogP contribution in [-0.4, -0.2) is 16.1 Å². The standard InChI is InChI=1S/C7H3ClF2INO2/c8-4-2(11)1-12-5(6(9)10)3(4)7(13)14/h1,6H,(H,13,14). The number of aromatic nitrogens is 1. The number of rotatable bonds is 2. The van der Waals surface area contributed by atoms with Crippen LogP contribution in [0.5, 0.6) is 0 Å². The summed E-state index contributed by atoms with van der Waals surface area (Å²) in [7, 11) is 0. The second-order valence-electron chi connectivity index (χ2n) is 2.29. The van der Waals surface area contributed by atoms with Crippen molar-refractivity contribution in [3.8, 4) is 0 Å². The lowest BCUT2D eigenvalue weighted by Crippen LogP contribution is -2.07. The summed E-state index contributed by atoms with van der Waals surface area (Å²) in [6.07, 6.45) is -1.84. The van der Waals surface area contributed by atoms with Crippen LogP contribution in [0.4, 0.5) is 8.78 Å². The van der Waals surface area contributed by atoms with Crippen LogP contribution in [0.1, 0.15) is 22.5 Å². The molecule has 14 heavy (non-hydrogen) atoms. The van der Waals surface area contributed by atoms with Crippen molar-refractivity contribution in [3.05, 3.63) is 26.0 Å². The van der Waals surface area contributed by atoms with Gasteiger partial charge in [0.05, 0.1) is 8.59 Å². The summed E-state index contributed by atoms with van der Waals surface area (Å²) in [5, 5.41) is 8.45. The van der Waals surface area contributed by atoms with Crippen LogP contribution in [0.3, 0.4) is 0 Å². The van der Waals surface area contributed by atoms with E-state index in [0.717, 1.165) is 6.20 Å². The van der Waals surface area contributed by atoms with Crippen molar-refractivity contribution in [2.75, 3.05) is 0 Å². The molecule has 0 amide bonds. The highest BCUT2D eigenvalue weighted by atomic mass is 127. The minimum absolute atomic E-state index is 0.205. The van der Waals surface area contributed by atoms with Crippen molar-refractivity contribution in [2.45, 2.75) is 6.43 Å². The van der Waals surface area contributed by atoms with Gasteiger partial charge in [-0.05, 0) is 22.6 Å². The molecular weight excluding hydrogens is 330 g/mol. The Hall–Kier alpha value is -0.500. The summed E-state index contributed by atoms with van der Waals surface area (Å²) >= 11 is 7.30. The summed E-state index contributed by atoms with van der Waals surface area (Å²) in [6.45, 7) is 0. The van der Waals surface area contributed by atoms with Crippen molar-refractivity contribution < 1.29 is 18.7 Å². The second kappa shape index (κ2) is 4.35. The molecule has 0 fully saturated rings. The van der Waals surface area contributed by atoms with Crippen LogP contribution >= 0.6 is 34.2 Å². The third-order valence-electron chi connectivity index (χ3n) is 1.42. The lowest BCUT2D eigenvalue weighted by atomic mass is 10.2. The van der Waals surface area contributed by atoms with E-state index in [-0.39, 0.29) is 5.02 Å². The van der Waals surface area contributed by atoms with Crippen molar-refractivity contribution in [3.63, 3.8) is 0 Å². The van der Waals surface area contributed by atoms with Gasteiger partial charge in [0, 0.05) is 6.20 Å². The number of halogens is 4. The van der Waals surface area contributed by atoms with Gasteiger partial charge >= 0.3 is 5.97 Å². The number of carboxylic acids is 1. The van der Waals surface area contributed by atoms with Crippen LogP contribution in [0.2, 0.25) is 5.02 Å². The number of aromatic carboxylic acids is 1. The molecule has 0 aliphatic carbocycles. The molecule has 76 valence electrons. The minimum atomic E-state index is -2.95. The van der Waals surface area contributed by atoms with E-state index in [1.165, 1.54) is 0 Å². The van der Waals surface area contributed by atoms with Crippen LogP contribution in [-0.2, 0) is 0 Å². The van der Waals surface area contributed by atoms with E-state index in [9.17, 15) is 13.6 Å². The van der Waals surface area contributed by atoms with Crippen molar-refractivity contribution >= 4 is 40.2 Å². The van der Waals surface area contributed by atoms with Gasteiger partial charge < -0.3 is 5.11 Å². The van der Waals surface area contributed by atoms with Crippen LogP contribution < -0.4 is 0 Å². The molecule has 1 aromatic heterocycles. The second-order valence-corrected chi connectivity index (χ2v) is 3.83. The molecule has 0 saturated carbocycles. The number of pyridine rings is 1. The van der Waals surface area contributed by atoms with Gasteiger partial charge in [-0.3, -0.25) is 4.98 Å². The molecule has 0 radical (unpaired) electrons. The molecule has 0 aromatic carbocycles. The predicted octanol–water partition coefficient (Wildman–Crippen LogP) is 2.98. The molecule has 1 heterocycles. The van der Waals surface area contributed by atoms with E-state index in [0.29, 0.717) is 3.57 Å². The number of hydrogen-bond acceptors (Lipinski definition) is 2. The number of nitrogens with zero attached hydrogens (tertiary/aromatic N) is 1. The third-order valence-corrected chi connectivity index (χ3v) is 2.95. The fourth-order valence-electron chi connectivity index (χ4n) is 0.848. The highest BCUT2D eigenvalue weighted by Crippen LogP contribution is 2.29. The Kier molecular flexibility index (Phi) is 3.59. The van der Waals surface area contributed by atoms with Crippen molar-refractivity contribution in [1.29, 1.82) is 0 Å². The lowest BCUT2D eigenvalue weighted by Gasteiger charge is -2.06. The topological polar surface area (TPSA) is 50.2 Å². The zero-order valence-electron chi connectivity index (χ0n) is 6.47. The molecule has 3 nitrogen and oxygen atoms in total. The van der Waals surface area contributed by atoms with Crippen molar-refractivity contribution in [1.82, 2.24) is 4.98 Å². The van der Waals surface area contributed by atoms with Crippen molar-refractivity contribution in [2.24, 2.45) is 0 Å². The SMILES string of the molecule is O=C(O)c1c(C(F)F)ncc(I)c1Cl. The van der Waals surface area contributed by atoms with Gasteiger partial charge in [0.25, 0.3) is 6.43 Å². The van der Waals surface area contributed by atoms with Gasteiger partial charge in [-0.1, -0.05) is 11.6 Å². The van der Waals surface area contributed by atoms with Crippen LogP contribution in [0, 0.1) is 3.57 Å². The normalized spacial score (nSPS) is 10.6. The fraction of sp³-hybridized carbons (Fsp3) is 0.143. The summed E-state index contributed by atoms with van der Waals surface area (Å²) in [5.74, 6) is -1.50. The van der Waals surface area contributed by atoms with Crippen LogP contribution in [0.25, 0.3) is 0 Å². The minimum Gasteiger partial charge on any atom is -0.478 e. The summed E-state index contributed by atoms with van der Waals surface area (Å²) < 4.78 is 25.0. The Bertz CT molecular complexity index is 386. The van der Waals surface area contributed by atoms with Gasteiger partial charge in [-0.15, -0.1) is 0 Å². The highest BCUT2D eigenvalue weighted by molar-refractivity contribution is 14.1. The molecule has 1 aromatic rings. The van der Waals surface area contributed by atoms with Gasteiger partial charge in [-0.2, -0.15) is 0 Å². The number of hydrogen-bond donors (Lipinski definition) is 1. The zero-order valence-corrected chi connectivity index (χ0v) is 9.38. The molecular formula is C7H3ClF2INO2. The molecule has 0 aliphatic rings. The van der Waals surface area contributed by atoms with Gasteiger partial charge in [0.15, 0.2) is 0 Å². The summed E-state index contributed by atoms with van der Waals surface area (Å²) in [5.41, 5.74) is -1.43. The summed E-state index contributed by atoms with van der Waals surface area (Å²) in [4.78, 5) is 14.0. The molecule has 1 rings (SSSR count). The highest BCUT2D eigenvalue weighted by Gasteiger charge is 2.24. The maximum Gasteiger partial charge on any atom is 0.339 e. The van der Waals surface area contributed by atoms with Gasteiger partial charge in [0.2, 0.25) is 0 Å². The molecule has 0 saturated heterocycles. The van der Waals surface area contributed by atoms with E-state index in [1.54, 1.807) is 22.6 Å². The zero-order chi connectivity index (χ0) is 10.9. The third kappa shape index (κ3) is 2.11. The Morgan fingerprint density at radius 2 is 2.21 bits per heavy atom. The smallest absolute Gasteiger partial charge is 0.339 e. The lowest BCUT2D eigenvalue weighted by molar-refractivity contribution is 0.0682. The largest absolute Gasteiger partial charge is 0.478 e. The van der Waals surface area contributed by atoms with Crippen LogP contribution in [0.15, 0.2) is 6.20 Å². The summed E-state index contributed by atoms with van der Waals surface area (Å²) in [6, 6.07) is 0. The Morgan fingerprint density at radius 1 is 1.64 bits per heavy atom. The van der Waals surface area contributed by atoms with Gasteiger partial charge in [0.1, 0.15) is 11.3 Å². The van der Waals surface area contributed by atoms with E-state index < -0.39 is 23.7 Å². The number of carbonyl (C=O) groups is 1. The molecule has 1 N–H and O–H groups in total. The molecule has 0 bridgehead atoms. The molecule has 0 atom stereocenters. The number of carboxylic acid groups (broad SMARTS) is 1. The fourth-order valence-corrected chi connectivity index (χ4v) is 1.48. The first-order valence-corrected chi connectivity index (χ1v) is 4.76. The maximum atomic E-state index is 12.3. The van der Waals surface area contributed by atoms with E-state index in [2.05, 4.69) is 4.98 Å². The molecule has 0 unspecified atom stereocenters. The quantitative estimate of drug-likeness (QED) is 0.847. The Balaban J connectivity index is 3.45. The average Bonchev–Trinajstić information content (AvgIpc) is 2.08. The Labute approximate surface area is 96.2 Å². The molecule has 7 heteroatoms. The van der Waals surface area contributed by atoms with E-state index in [1.807, 2.05) is 0 Å². The Morgan fingerprint density at radius 3 is 2.64 bits per heavy atom. The monoisotopic (exact) mass is 333 g/mol.